The maximum Gasteiger partial charge on any atom is 0.251 e. The van der Waals surface area contributed by atoms with E-state index in [1.807, 2.05) is 43.3 Å². The van der Waals surface area contributed by atoms with E-state index in [2.05, 4.69) is 22.3 Å². The van der Waals surface area contributed by atoms with Crippen LogP contribution in [-0.2, 0) is 0 Å². The second kappa shape index (κ2) is 8.17. The number of nitrogens with zero attached hydrogens (tertiary/aromatic N) is 1. The zero-order valence-corrected chi connectivity index (χ0v) is 15.0. The van der Waals surface area contributed by atoms with Crippen LogP contribution in [-0.4, -0.2) is 37.6 Å². The Labute approximate surface area is 149 Å². The van der Waals surface area contributed by atoms with Gasteiger partial charge in [-0.05, 0) is 62.7 Å². The molecule has 0 unspecified atom stereocenters. The predicted molar refractivity (Wildman–Crippen MR) is 100 cm³/mol. The third-order valence-electron chi connectivity index (χ3n) is 4.85. The topological polar surface area (TPSA) is 41.6 Å². The van der Waals surface area contributed by atoms with E-state index in [1.165, 1.54) is 18.4 Å². The Morgan fingerprint density at radius 3 is 2.32 bits per heavy atom. The summed E-state index contributed by atoms with van der Waals surface area (Å²) in [5.41, 5.74) is 3.08. The zero-order valence-electron chi connectivity index (χ0n) is 15.0. The van der Waals surface area contributed by atoms with Gasteiger partial charge in [0.15, 0.2) is 0 Å². The van der Waals surface area contributed by atoms with Crippen LogP contribution in [0.4, 0.5) is 0 Å². The van der Waals surface area contributed by atoms with Gasteiger partial charge >= 0.3 is 0 Å². The average molecular weight is 338 g/mol. The van der Waals surface area contributed by atoms with E-state index in [0.29, 0.717) is 12.1 Å². The second-order valence-electron chi connectivity index (χ2n) is 6.61. The van der Waals surface area contributed by atoms with Crippen molar-refractivity contribution in [2.24, 2.45) is 0 Å². The quantitative estimate of drug-likeness (QED) is 0.875. The van der Waals surface area contributed by atoms with E-state index in [1.54, 1.807) is 7.11 Å². The molecule has 0 aromatic heterocycles. The van der Waals surface area contributed by atoms with Crippen molar-refractivity contribution in [2.75, 3.05) is 26.7 Å². The Morgan fingerprint density at radius 1 is 1.08 bits per heavy atom. The fourth-order valence-electron chi connectivity index (χ4n) is 3.33. The lowest BCUT2D eigenvalue weighted by atomic mass is 10.0. The Balaban J connectivity index is 1.70. The number of carbonyl (C=O) groups is 1. The van der Waals surface area contributed by atoms with E-state index in [4.69, 9.17) is 4.74 Å². The predicted octanol–water partition coefficient (Wildman–Crippen LogP) is 3.57. The lowest BCUT2D eigenvalue weighted by Gasteiger charge is -2.28. The third kappa shape index (κ3) is 4.40. The maximum atomic E-state index is 12.5. The molecule has 4 nitrogen and oxygen atoms in total. The van der Waals surface area contributed by atoms with Gasteiger partial charge in [-0.25, -0.2) is 0 Å². The highest BCUT2D eigenvalue weighted by Crippen LogP contribution is 2.26. The Kier molecular flexibility index (Phi) is 5.71. The molecule has 1 aliphatic heterocycles. The van der Waals surface area contributed by atoms with Gasteiger partial charge in [-0.2, -0.15) is 0 Å². The van der Waals surface area contributed by atoms with Crippen molar-refractivity contribution in [1.29, 1.82) is 0 Å². The van der Waals surface area contributed by atoms with E-state index < -0.39 is 0 Å². The molecule has 3 rings (SSSR count). The first-order chi connectivity index (χ1) is 12.2. The molecule has 0 radical (unpaired) electrons. The standard InChI is InChI=1S/C21H26N2O2/c1-16-5-7-18(8-6-16)21(24)22-15-20(23-13-3-4-14-23)17-9-11-19(25-2)12-10-17/h5-12,20H,3-4,13-15H2,1-2H3,(H,22,24)/t20-/m1/s1. The highest BCUT2D eigenvalue weighted by Gasteiger charge is 2.24. The maximum absolute atomic E-state index is 12.5. The molecule has 2 aromatic carbocycles. The van der Waals surface area contributed by atoms with Crippen molar-refractivity contribution in [2.45, 2.75) is 25.8 Å². The lowest BCUT2D eigenvalue weighted by molar-refractivity contribution is 0.0938. The van der Waals surface area contributed by atoms with Gasteiger partial charge < -0.3 is 10.1 Å². The summed E-state index contributed by atoms with van der Waals surface area (Å²) in [7, 11) is 1.68. The minimum atomic E-state index is -0.0160. The lowest BCUT2D eigenvalue weighted by Crippen LogP contribution is -2.36. The van der Waals surface area contributed by atoms with Crippen LogP contribution in [0.3, 0.4) is 0 Å². The molecular weight excluding hydrogens is 312 g/mol. The summed E-state index contributed by atoms with van der Waals surface area (Å²) in [6.07, 6.45) is 2.44. The fraction of sp³-hybridized carbons (Fsp3) is 0.381. The van der Waals surface area contributed by atoms with Crippen molar-refractivity contribution in [3.63, 3.8) is 0 Å². The Hall–Kier alpha value is -2.33. The molecule has 0 bridgehead atoms. The first-order valence-electron chi connectivity index (χ1n) is 8.90. The zero-order chi connectivity index (χ0) is 17.6. The second-order valence-corrected chi connectivity index (χ2v) is 6.61. The number of carbonyl (C=O) groups excluding carboxylic acids is 1. The molecule has 4 heteroatoms. The number of methoxy groups -OCH3 is 1. The van der Waals surface area contributed by atoms with Gasteiger partial charge in [0.2, 0.25) is 0 Å². The van der Waals surface area contributed by atoms with E-state index in [9.17, 15) is 4.79 Å². The molecule has 0 aliphatic carbocycles. The normalized spacial score (nSPS) is 15.8. The number of aryl methyl sites for hydroxylation is 1. The molecule has 0 saturated carbocycles. The molecule has 25 heavy (non-hydrogen) atoms. The minimum Gasteiger partial charge on any atom is -0.497 e. The molecule has 132 valence electrons. The monoisotopic (exact) mass is 338 g/mol. The molecule has 1 fully saturated rings. The highest BCUT2D eigenvalue weighted by atomic mass is 16.5. The van der Waals surface area contributed by atoms with Crippen LogP contribution >= 0.6 is 0 Å². The summed E-state index contributed by atoms with van der Waals surface area (Å²) in [6.45, 7) is 4.79. The van der Waals surface area contributed by atoms with Gasteiger partial charge in [0.25, 0.3) is 5.91 Å². The van der Waals surface area contributed by atoms with Crippen LogP contribution in [0, 0.1) is 6.92 Å². The number of nitrogens with one attached hydrogen (secondary N) is 1. The molecular formula is C21H26N2O2. The van der Waals surface area contributed by atoms with Crippen LogP contribution in [0.15, 0.2) is 48.5 Å². The van der Waals surface area contributed by atoms with Crippen LogP contribution in [0.2, 0.25) is 0 Å². The summed E-state index contributed by atoms with van der Waals surface area (Å²) in [6, 6.07) is 16.1. The summed E-state index contributed by atoms with van der Waals surface area (Å²) in [4.78, 5) is 14.9. The van der Waals surface area contributed by atoms with Crippen molar-refractivity contribution in [3.8, 4) is 5.75 Å². The molecule has 1 atom stereocenters. The van der Waals surface area contributed by atoms with Crippen LogP contribution in [0.1, 0.15) is 40.4 Å². The smallest absolute Gasteiger partial charge is 0.251 e. The van der Waals surface area contributed by atoms with Crippen molar-refractivity contribution in [1.82, 2.24) is 10.2 Å². The average Bonchev–Trinajstić information content (AvgIpc) is 3.17. The van der Waals surface area contributed by atoms with E-state index in [0.717, 1.165) is 24.4 Å². The van der Waals surface area contributed by atoms with Gasteiger partial charge in [0.05, 0.1) is 13.2 Å². The first-order valence-corrected chi connectivity index (χ1v) is 8.90. The van der Waals surface area contributed by atoms with Gasteiger partial charge in [0, 0.05) is 12.1 Å². The van der Waals surface area contributed by atoms with Gasteiger partial charge in [0.1, 0.15) is 5.75 Å². The molecule has 2 aromatic rings. The Bertz CT molecular complexity index is 689. The Morgan fingerprint density at radius 2 is 1.72 bits per heavy atom. The van der Waals surface area contributed by atoms with Crippen LogP contribution < -0.4 is 10.1 Å². The third-order valence-corrected chi connectivity index (χ3v) is 4.85. The summed E-state index contributed by atoms with van der Waals surface area (Å²) < 4.78 is 5.26. The fourth-order valence-corrected chi connectivity index (χ4v) is 3.33. The van der Waals surface area contributed by atoms with Crippen LogP contribution in [0.25, 0.3) is 0 Å². The van der Waals surface area contributed by atoms with Gasteiger partial charge in [-0.15, -0.1) is 0 Å². The molecule has 1 heterocycles. The number of rotatable bonds is 6. The molecule has 1 aliphatic rings. The number of benzene rings is 2. The van der Waals surface area contributed by atoms with Crippen molar-refractivity contribution in [3.05, 3.63) is 65.2 Å². The molecule has 0 spiro atoms. The summed E-state index contributed by atoms with van der Waals surface area (Å²) >= 11 is 0. The molecule has 1 N–H and O–H groups in total. The number of hydrogen-bond donors (Lipinski definition) is 1. The number of ether oxygens (including phenoxy) is 1. The molecule has 1 amide bonds. The van der Waals surface area contributed by atoms with Crippen LogP contribution in [0.5, 0.6) is 5.75 Å². The number of amides is 1. The highest BCUT2D eigenvalue weighted by molar-refractivity contribution is 5.94. The minimum absolute atomic E-state index is 0.0160. The van der Waals surface area contributed by atoms with Gasteiger partial charge in [-0.3, -0.25) is 9.69 Å². The first kappa shape index (κ1) is 17.5. The number of likely N-dealkylation sites (tertiary alicyclic amines) is 1. The summed E-state index contributed by atoms with van der Waals surface area (Å²) in [5, 5.41) is 3.11. The van der Waals surface area contributed by atoms with Crippen molar-refractivity contribution < 1.29 is 9.53 Å². The molecule has 1 saturated heterocycles. The van der Waals surface area contributed by atoms with Crippen molar-refractivity contribution >= 4 is 5.91 Å². The SMILES string of the molecule is COc1ccc([C@@H](CNC(=O)c2ccc(C)cc2)N2CCCC2)cc1. The summed E-state index contributed by atoms with van der Waals surface area (Å²) in [5.74, 6) is 0.838. The van der Waals surface area contributed by atoms with E-state index in [-0.39, 0.29) is 11.9 Å². The number of hydrogen-bond acceptors (Lipinski definition) is 3. The van der Waals surface area contributed by atoms with E-state index >= 15 is 0 Å². The van der Waals surface area contributed by atoms with Gasteiger partial charge in [-0.1, -0.05) is 29.8 Å². The largest absolute Gasteiger partial charge is 0.497 e.